The smallest absolute Gasteiger partial charge is 0.413 e. The number of rotatable bonds is 1. The first-order chi connectivity index (χ1) is 6.13. The molecule has 5 nitrogen and oxygen atoms in total. The van der Waals surface area contributed by atoms with Crippen molar-refractivity contribution in [2.75, 3.05) is 12.4 Å². The number of nitrogens with zero attached hydrogens (tertiary/aromatic N) is 2. The summed E-state index contributed by atoms with van der Waals surface area (Å²) in [5.74, 6) is 0.127. The minimum absolute atomic E-state index is 0.127. The van der Waals surface area contributed by atoms with Gasteiger partial charge >= 0.3 is 6.09 Å². The Morgan fingerprint density at radius 2 is 2.38 bits per heavy atom. The SMILES string of the molecule is COC(=O)Nc1ncc(C)c(Cl)n1. The maximum atomic E-state index is 10.7. The molecule has 0 bridgehead atoms. The van der Waals surface area contributed by atoms with Gasteiger partial charge in [0.25, 0.3) is 0 Å². The molecule has 0 aliphatic heterocycles. The van der Waals surface area contributed by atoms with Crippen molar-refractivity contribution >= 4 is 23.6 Å². The van der Waals surface area contributed by atoms with Crippen LogP contribution in [0.25, 0.3) is 0 Å². The van der Waals surface area contributed by atoms with E-state index in [0.29, 0.717) is 5.15 Å². The Balaban J connectivity index is 2.79. The summed E-state index contributed by atoms with van der Waals surface area (Å²) in [5.41, 5.74) is 0.747. The highest BCUT2D eigenvalue weighted by Gasteiger charge is 2.04. The molecule has 1 aromatic rings. The Kier molecular flexibility index (Phi) is 3.02. The summed E-state index contributed by atoms with van der Waals surface area (Å²) in [5, 5.41) is 2.60. The monoisotopic (exact) mass is 201 g/mol. The number of carbonyl (C=O) groups is 1. The van der Waals surface area contributed by atoms with Gasteiger partial charge in [-0.1, -0.05) is 11.6 Å². The van der Waals surface area contributed by atoms with Gasteiger partial charge in [-0.15, -0.1) is 0 Å². The fourth-order valence-corrected chi connectivity index (χ4v) is 0.753. The third-order valence-corrected chi connectivity index (χ3v) is 1.69. The first-order valence-corrected chi connectivity index (χ1v) is 3.85. The van der Waals surface area contributed by atoms with Crippen molar-refractivity contribution in [2.45, 2.75) is 6.92 Å². The predicted octanol–water partition coefficient (Wildman–Crippen LogP) is 1.62. The molecule has 1 N–H and O–H groups in total. The van der Waals surface area contributed by atoms with E-state index >= 15 is 0 Å². The maximum Gasteiger partial charge on any atom is 0.413 e. The second-order valence-corrected chi connectivity index (χ2v) is 2.64. The van der Waals surface area contributed by atoms with E-state index in [2.05, 4.69) is 20.0 Å². The minimum Gasteiger partial charge on any atom is -0.453 e. The van der Waals surface area contributed by atoms with E-state index in [1.807, 2.05) is 0 Å². The van der Waals surface area contributed by atoms with Gasteiger partial charge < -0.3 is 4.74 Å². The summed E-state index contributed by atoms with van der Waals surface area (Å²) in [6.07, 6.45) is 0.889. The fourth-order valence-electron chi connectivity index (χ4n) is 0.624. The van der Waals surface area contributed by atoms with Crippen LogP contribution in [0.15, 0.2) is 6.20 Å². The highest BCUT2D eigenvalue weighted by atomic mass is 35.5. The van der Waals surface area contributed by atoms with Crippen molar-refractivity contribution in [3.05, 3.63) is 16.9 Å². The molecule has 0 radical (unpaired) electrons. The lowest BCUT2D eigenvalue weighted by Gasteiger charge is -2.02. The zero-order valence-corrected chi connectivity index (χ0v) is 7.92. The lowest BCUT2D eigenvalue weighted by molar-refractivity contribution is 0.186. The van der Waals surface area contributed by atoms with E-state index in [0.717, 1.165) is 5.56 Å². The van der Waals surface area contributed by atoms with Gasteiger partial charge in [0.1, 0.15) is 5.15 Å². The normalized spacial score (nSPS) is 9.46. The third-order valence-electron chi connectivity index (χ3n) is 1.31. The van der Waals surface area contributed by atoms with Crippen LogP contribution in [0.3, 0.4) is 0 Å². The van der Waals surface area contributed by atoms with Crippen LogP contribution in [-0.4, -0.2) is 23.2 Å². The number of methoxy groups -OCH3 is 1. The molecule has 0 saturated carbocycles. The number of aryl methyl sites for hydroxylation is 1. The fraction of sp³-hybridized carbons (Fsp3) is 0.286. The Morgan fingerprint density at radius 3 is 2.92 bits per heavy atom. The average molecular weight is 202 g/mol. The second-order valence-electron chi connectivity index (χ2n) is 2.28. The molecule has 0 aliphatic rings. The number of anilines is 1. The summed E-state index contributed by atoms with van der Waals surface area (Å²) < 4.78 is 4.35. The van der Waals surface area contributed by atoms with Gasteiger partial charge in [-0.2, -0.15) is 0 Å². The molecular formula is C7H8ClN3O2. The molecule has 13 heavy (non-hydrogen) atoms. The summed E-state index contributed by atoms with van der Waals surface area (Å²) in [6, 6.07) is 0. The standard InChI is InChI=1S/C7H8ClN3O2/c1-4-3-9-6(10-5(4)8)11-7(12)13-2/h3H,1-2H3,(H,9,10,11,12). The largest absolute Gasteiger partial charge is 0.453 e. The molecule has 0 aliphatic carbocycles. The summed E-state index contributed by atoms with van der Waals surface area (Å²) in [4.78, 5) is 18.3. The zero-order valence-electron chi connectivity index (χ0n) is 7.17. The van der Waals surface area contributed by atoms with Crippen LogP contribution < -0.4 is 5.32 Å². The van der Waals surface area contributed by atoms with Gasteiger partial charge in [-0.05, 0) is 6.92 Å². The minimum atomic E-state index is -0.625. The highest BCUT2D eigenvalue weighted by molar-refractivity contribution is 6.30. The van der Waals surface area contributed by atoms with Gasteiger partial charge in [0, 0.05) is 11.8 Å². The number of aromatic nitrogens is 2. The molecule has 0 aromatic carbocycles. The van der Waals surface area contributed by atoms with Gasteiger partial charge in [-0.25, -0.2) is 14.8 Å². The number of carbonyl (C=O) groups excluding carboxylic acids is 1. The molecular weight excluding hydrogens is 194 g/mol. The molecule has 0 atom stereocenters. The summed E-state index contributed by atoms with van der Waals surface area (Å²) in [6.45, 7) is 1.77. The molecule has 6 heteroatoms. The average Bonchev–Trinajstić information content (AvgIpc) is 2.11. The Bertz CT molecular complexity index is 330. The Hall–Kier alpha value is -1.36. The van der Waals surface area contributed by atoms with E-state index < -0.39 is 6.09 Å². The number of halogens is 1. The van der Waals surface area contributed by atoms with Crippen LogP contribution in [0.5, 0.6) is 0 Å². The van der Waals surface area contributed by atoms with Crippen LogP contribution in [-0.2, 0) is 4.74 Å². The van der Waals surface area contributed by atoms with Crippen molar-refractivity contribution in [1.82, 2.24) is 9.97 Å². The van der Waals surface area contributed by atoms with E-state index in [-0.39, 0.29) is 5.95 Å². The first-order valence-electron chi connectivity index (χ1n) is 3.47. The molecule has 0 saturated heterocycles. The van der Waals surface area contributed by atoms with Crippen molar-refractivity contribution in [2.24, 2.45) is 0 Å². The van der Waals surface area contributed by atoms with Crippen molar-refractivity contribution in [1.29, 1.82) is 0 Å². The highest BCUT2D eigenvalue weighted by Crippen LogP contribution is 2.11. The Labute approximate surface area is 80.1 Å². The van der Waals surface area contributed by atoms with Crippen molar-refractivity contribution in [3.63, 3.8) is 0 Å². The predicted molar refractivity (Wildman–Crippen MR) is 47.8 cm³/mol. The number of nitrogens with one attached hydrogen (secondary N) is 1. The molecule has 70 valence electrons. The van der Waals surface area contributed by atoms with E-state index in [1.54, 1.807) is 6.92 Å². The molecule has 0 fully saturated rings. The number of amides is 1. The molecule has 1 amide bonds. The zero-order chi connectivity index (χ0) is 9.84. The molecule has 1 rings (SSSR count). The number of ether oxygens (including phenoxy) is 1. The summed E-state index contributed by atoms with van der Waals surface area (Å²) >= 11 is 5.70. The second kappa shape index (κ2) is 4.04. The topological polar surface area (TPSA) is 64.1 Å². The van der Waals surface area contributed by atoms with E-state index in [4.69, 9.17) is 11.6 Å². The van der Waals surface area contributed by atoms with Gasteiger partial charge in [0.2, 0.25) is 5.95 Å². The first kappa shape index (κ1) is 9.73. The van der Waals surface area contributed by atoms with Crippen LogP contribution in [0.1, 0.15) is 5.56 Å². The Morgan fingerprint density at radius 1 is 1.69 bits per heavy atom. The van der Waals surface area contributed by atoms with Crippen LogP contribution >= 0.6 is 11.6 Å². The van der Waals surface area contributed by atoms with Gasteiger partial charge in [0.05, 0.1) is 7.11 Å². The molecule has 1 heterocycles. The lowest BCUT2D eigenvalue weighted by atomic mass is 10.4. The molecule has 1 aromatic heterocycles. The van der Waals surface area contributed by atoms with Crippen molar-refractivity contribution in [3.8, 4) is 0 Å². The number of hydrogen-bond donors (Lipinski definition) is 1. The summed E-state index contributed by atoms with van der Waals surface area (Å²) in [7, 11) is 1.26. The third kappa shape index (κ3) is 2.55. The number of hydrogen-bond acceptors (Lipinski definition) is 4. The maximum absolute atomic E-state index is 10.7. The van der Waals surface area contributed by atoms with Crippen LogP contribution in [0.2, 0.25) is 5.15 Å². The van der Waals surface area contributed by atoms with E-state index in [1.165, 1.54) is 13.3 Å². The van der Waals surface area contributed by atoms with Crippen LogP contribution in [0, 0.1) is 6.92 Å². The van der Waals surface area contributed by atoms with Gasteiger partial charge in [0.15, 0.2) is 0 Å². The van der Waals surface area contributed by atoms with E-state index in [9.17, 15) is 4.79 Å². The van der Waals surface area contributed by atoms with Gasteiger partial charge in [-0.3, -0.25) is 5.32 Å². The molecule has 0 unspecified atom stereocenters. The lowest BCUT2D eigenvalue weighted by Crippen LogP contribution is -2.13. The molecule has 0 spiro atoms. The van der Waals surface area contributed by atoms with Crippen molar-refractivity contribution < 1.29 is 9.53 Å². The van der Waals surface area contributed by atoms with Crippen LogP contribution in [0.4, 0.5) is 10.7 Å². The quantitative estimate of drug-likeness (QED) is 0.702.